The molecule has 7 heteroatoms. The first-order valence-corrected chi connectivity index (χ1v) is 8.66. The van der Waals surface area contributed by atoms with Gasteiger partial charge in [0.1, 0.15) is 5.57 Å². The van der Waals surface area contributed by atoms with Crippen LogP contribution in [0.3, 0.4) is 0 Å². The average molecular weight is 460 g/mol. The van der Waals surface area contributed by atoms with Gasteiger partial charge in [-0.15, -0.1) is 0 Å². The van der Waals surface area contributed by atoms with Crippen molar-refractivity contribution in [1.29, 1.82) is 0 Å². The highest BCUT2D eigenvalue weighted by Crippen LogP contribution is 2.22. The van der Waals surface area contributed by atoms with Gasteiger partial charge in [0.15, 0.2) is 0 Å². The molecular formula is C19H13IN2O4. The first-order valence-electron chi connectivity index (χ1n) is 7.58. The van der Waals surface area contributed by atoms with Crippen molar-refractivity contribution in [1.82, 2.24) is 5.43 Å². The number of aliphatic carboxylic acids is 1. The van der Waals surface area contributed by atoms with E-state index in [1.165, 1.54) is 17.2 Å². The van der Waals surface area contributed by atoms with Crippen molar-refractivity contribution < 1.29 is 19.5 Å². The Kier molecular flexibility index (Phi) is 5.17. The largest absolute Gasteiger partial charge is 0.478 e. The van der Waals surface area contributed by atoms with Crippen molar-refractivity contribution in [3.8, 4) is 0 Å². The molecule has 0 radical (unpaired) electrons. The summed E-state index contributed by atoms with van der Waals surface area (Å²) in [4.78, 5) is 35.2. The Morgan fingerprint density at radius 1 is 1.00 bits per heavy atom. The zero-order chi connectivity index (χ0) is 18.7. The Morgan fingerprint density at radius 3 is 2.23 bits per heavy atom. The highest BCUT2D eigenvalue weighted by Gasteiger charge is 2.34. The first-order chi connectivity index (χ1) is 12.4. The van der Waals surface area contributed by atoms with E-state index in [2.05, 4.69) is 28.0 Å². The van der Waals surface area contributed by atoms with E-state index in [1.54, 1.807) is 36.4 Å². The number of nitrogens with zero attached hydrogens (tertiary/aromatic N) is 1. The molecule has 0 saturated carbocycles. The summed E-state index contributed by atoms with van der Waals surface area (Å²) in [5, 5.41) is 9.84. The van der Waals surface area contributed by atoms with E-state index in [4.69, 9.17) is 5.11 Å². The summed E-state index contributed by atoms with van der Waals surface area (Å²) in [5.41, 5.74) is 4.55. The Balaban J connectivity index is 1.82. The van der Waals surface area contributed by atoms with Gasteiger partial charge in [0.05, 0.1) is 5.69 Å². The normalized spacial score (nSPS) is 15.7. The second kappa shape index (κ2) is 7.52. The summed E-state index contributed by atoms with van der Waals surface area (Å²) >= 11 is 2.16. The lowest BCUT2D eigenvalue weighted by Crippen LogP contribution is -2.35. The van der Waals surface area contributed by atoms with Crippen molar-refractivity contribution in [2.75, 3.05) is 5.01 Å². The molecule has 0 aromatic heterocycles. The van der Waals surface area contributed by atoms with Crippen molar-refractivity contribution in [3.63, 3.8) is 0 Å². The zero-order valence-corrected chi connectivity index (χ0v) is 15.5. The number of hydrogen-bond acceptors (Lipinski definition) is 3. The fraction of sp³-hybridized carbons (Fsp3) is 0. The van der Waals surface area contributed by atoms with E-state index in [0.29, 0.717) is 16.8 Å². The van der Waals surface area contributed by atoms with Gasteiger partial charge in [-0.1, -0.05) is 24.3 Å². The molecule has 0 atom stereocenters. The van der Waals surface area contributed by atoms with Crippen molar-refractivity contribution in [3.05, 3.63) is 74.9 Å². The maximum absolute atomic E-state index is 12.5. The molecule has 6 nitrogen and oxygen atoms in total. The molecule has 26 heavy (non-hydrogen) atoms. The number of carbonyl (C=O) groups excluding carboxylic acids is 2. The summed E-state index contributed by atoms with van der Waals surface area (Å²) in [5.74, 6) is -1.92. The van der Waals surface area contributed by atoms with Gasteiger partial charge in [-0.2, -0.15) is 0 Å². The van der Waals surface area contributed by atoms with E-state index in [-0.39, 0.29) is 5.57 Å². The predicted octanol–water partition coefficient (Wildman–Crippen LogP) is 2.85. The highest BCUT2D eigenvalue weighted by atomic mass is 127. The molecule has 1 aliphatic rings. The number of rotatable bonds is 4. The monoisotopic (exact) mass is 460 g/mol. The van der Waals surface area contributed by atoms with Gasteiger partial charge in [-0.3, -0.25) is 15.0 Å². The van der Waals surface area contributed by atoms with Crippen LogP contribution in [0, 0.1) is 3.57 Å². The van der Waals surface area contributed by atoms with Gasteiger partial charge in [0.2, 0.25) is 0 Å². The predicted molar refractivity (Wildman–Crippen MR) is 106 cm³/mol. The number of carboxylic acid groups (broad SMARTS) is 1. The molecule has 1 heterocycles. The molecule has 1 aliphatic heterocycles. The van der Waals surface area contributed by atoms with Gasteiger partial charge >= 0.3 is 5.97 Å². The van der Waals surface area contributed by atoms with Crippen LogP contribution in [-0.2, 0) is 14.4 Å². The molecule has 2 N–H and O–H groups in total. The molecule has 3 rings (SSSR count). The van der Waals surface area contributed by atoms with Crippen LogP contribution >= 0.6 is 22.6 Å². The van der Waals surface area contributed by atoms with Crippen molar-refractivity contribution in [2.45, 2.75) is 0 Å². The molecule has 0 aliphatic carbocycles. The molecule has 1 fully saturated rings. The third-order valence-corrected chi connectivity index (χ3v) is 4.36. The number of hydrogen-bond donors (Lipinski definition) is 2. The highest BCUT2D eigenvalue weighted by molar-refractivity contribution is 14.1. The van der Waals surface area contributed by atoms with Gasteiger partial charge in [-0.05, 0) is 70.1 Å². The minimum atomic E-state index is -1.03. The summed E-state index contributed by atoms with van der Waals surface area (Å²) in [6.45, 7) is 0. The zero-order valence-electron chi connectivity index (χ0n) is 13.3. The third kappa shape index (κ3) is 3.99. The molecule has 0 spiro atoms. The molecule has 130 valence electrons. The molecule has 2 amide bonds. The number of carboxylic acids is 1. The fourth-order valence-corrected chi connectivity index (χ4v) is 2.73. The maximum atomic E-state index is 12.5. The van der Waals surface area contributed by atoms with Gasteiger partial charge in [0.25, 0.3) is 11.8 Å². The van der Waals surface area contributed by atoms with Gasteiger partial charge in [0, 0.05) is 9.65 Å². The molecule has 2 aromatic carbocycles. The van der Waals surface area contributed by atoms with Crippen molar-refractivity contribution >= 4 is 58.2 Å². The second-order valence-electron chi connectivity index (χ2n) is 5.45. The van der Waals surface area contributed by atoms with Crippen LogP contribution in [0.1, 0.15) is 11.1 Å². The fourth-order valence-electron chi connectivity index (χ4n) is 2.37. The third-order valence-electron chi connectivity index (χ3n) is 3.64. The van der Waals surface area contributed by atoms with Gasteiger partial charge in [-0.25, -0.2) is 9.80 Å². The van der Waals surface area contributed by atoms with Crippen LogP contribution in [0.2, 0.25) is 0 Å². The van der Waals surface area contributed by atoms with E-state index >= 15 is 0 Å². The van der Waals surface area contributed by atoms with Crippen LogP contribution in [0.5, 0.6) is 0 Å². The molecule has 0 unspecified atom stereocenters. The number of anilines is 1. The Morgan fingerprint density at radius 2 is 1.62 bits per heavy atom. The van der Waals surface area contributed by atoms with E-state index < -0.39 is 17.8 Å². The molecule has 0 bridgehead atoms. The number of carbonyl (C=O) groups is 3. The van der Waals surface area contributed by atoms with E-state index in [1.807, 2.05) is 12.1 Å². The number of amides is 2. The van der Waals surface area contributed by atoms with Gasteiger partial charge < -0.3 is 5.11 Å². The Labute approximate surface area is 162 Å². The average Bonchev–Trinajstić information content (AvgIpc) is 2.90. The lowest BCUT2D eigenvalue weighted by molar-refractivity contribution is -0.131. The lowest BCUT2D eigenvalue weighted by Gasteiger charge is -2.14. The summed E-state index contributed by atoms with van der Waals surface area (Å²) in [7, 11) is 0. The summed E-state index contributed by atoms with van der Waals surface area (Å²) in [6, 6.07) is 14.0. The van der Waals surface area contributed by atoms with Crippen LogP contribution in [0.4, 0.5) is 5.69 Å². The van der Waals surface area contributed by atoms with Crippen LogP contribution in [0.25, 0.3) is 12.2 Å². The van der Waals surface area contributed by atoms with Crippen LogP contribution in [-0.4, -0.2) is 22.9 Å². The topological polar surface area (TPSA) is 86.7 Å². The standard InChI is InChI=1S/C19H13IN2O4/c20-14-6-8-15(9-7-14)22-19(26)16(18(25)21-22)11-13-3-1-12(2-4-13)5-10-17(23)24/h1-11H,(H,21,25)(H,23,24)/b10-5+,16-11?. The SMILES string of the molecule is O=C(O)/C=C/c1ccc(C=C2C(=O)NN(c3ccc(I)cc3)C2=O)cc1. The molecular weight excluding hydrogens is 447 g/mol. The van der Waals surface area contributed by atoms with Crippen molar-refractivity contribution in [2.24, 2.45) is 0 Å². The molecule has 2 aromatic rings. The Bertz CT molecular complexity index is 931. The second-order valence-corrected chi connectivity index (χ2v) is 6.70. The number of halogens is 1. The summed E-state index contributed by atoms with van der Waals surface area (Å²) < 4.78 is 1.03. The maximum Gasteiger partial charge on any atom is 0.328 e. The van der Waals surface area contributed by atoms with Crippen LogP contribution in [0.15, 0.2) is 60.2 Å². The first kappa shape index (κ1) is 17.9. The lowest BCUT2D eigenvalue weighted by atomic mass is 10.1. The number of nitrogens with one attached hydrogen (secondary N) is 1. The number of benzene rings is 2. The minimum absolute atomic E-state index is 0.0392. The quantitative estimate of drug-likeness (QED) is 0.418. The van der Waals surface area contributed by atoms with E-state index in [9.17, 15) is 14.4 Å². The summed E-state index contributed by atoms with van der Waals surface area (Å²) in [6.07, 6.45) is 4.01. The number of hydrazine groups is 1. The van der Waals surface area contributed by atoms with Crippen LogP contribution < -0.4 is 10.4 Å². The molecule has 1 saturated heterocycles. The smallest absolute Gasteiger partial charge is 0.328 e. The Hall–Kier alpha value is -2.94. The van der Waals surface area contributed by atoms with E-state index in [0.717, 1.165) is 9.65 Å². The minimum Gasteiger partial charge on any atom is -0.478 e.